The van der Waals surface area contributed by atoms with Crippen LogP contribution in [0.15, 0.2) is 12.1 Å². The summed E-state index contributed by atoms with van der Waals surface area (Å²) < 4.78 is 5.08. The Bertz CT molecular complexity index is 340. The highest BCUT2D eigenvalue weighted by atomic mass is 16.5. The lowest BCUT2D eigenvalue weighted by atomic mass is 10.0. The molecule has 0 heterocycles. The van der Waals surface area contributed by atoms with Crippen LogP contribution in [0.3, 0.4) is 0 Å². The summed E-state index contributed by atoms with van der Waals surface area (Å²) >= 11 is 0. The predicted molar refractivity (Wildman–Crippen MR) is 60.0 cm³/mol. The van der Waals surface area contributed by atoms with E-state index in [0.717, 1.165) is 12.0 Å². The molecule has 0 radical (unpaired) electrons. The molecule has 1 atom stereocenters. The molecule has 1 aromatic carbocycles. The van der Waals surface area contributed by atoms with Crippen LogP contribution >= 0.6 is 0 Å². The summed E-state index contributed by atoms with van der Waals surface area (Å²) in [5.74, 6) is 0.543. The number of phenolic OH excluding ortho intramolecular Hbond substituents is 1. The fourth-order valence-electron chi connectivity index (χ4n) is 1.46. The fraction of sp³-hybridized carbons (Fsp3) is 0.455. The van der Waals surface area contributed by atoms with E-state index in [-0.39, 0.29) is 11.8 Å². The van der Waals surface area contributed by atoms with E-state index in [2.05, 4.69) is 0 Å². The van der Waals surface area contributed by atoms with Crippen molar-refractivity contribution in [1.29, 1.82) is 0 Å². The highest BCUT2D eigenvalue weighted by Crippen LogP contribution is 2.34. The Morgan fingerprint density at radius 3 is 2.60 bits per heavy atom. The second-order valence-electron chi connectivity index (χ2n) is 3.43. The second kappa shape index (κ2) is 5.00. The minimum atomic E-state index is -0.356. The van der Waals surface area contributed by atoms with Crippen LogP contribution in [-0.4, -0.2) is 18.8 Å². The first-order valence-electron chi connectivity index (χ1n) is 4.99. The summed E-state index contributed by atoms with van der Waals surface area (Å²) in [4.78, 5) is 0. The van der Waals surface area contributed by atoms with Crippen molar-refractivity contribution in [1.82, 2.24) is 0 Å². The smallest absolute Gasteiger partial charge is 0.162 e. The van der Waals surface area contributed by atoms with Crippen molar-refractivity contribution in [2.45, 2.75) is 19.4 Å². The Kier molecular flexibility index (Phi) is 3.94. The molecule has 0 unspecified atom stereocenters. The normalized spacial score (nSPS) is 12.5. The molecule has 0 amide bonds. The topological polar surface area (TPSA) is 81.5 Å². The van der Waals surface area contributed by atoms with Gasteiger partial charge in [0.2, 0.25) is 0 Å². The zero-order chi connectivity index (χ0) is 11.4. The number of phenols is 1. The molecule has 5 N–H and O–H groups in total. The Morgan fingerprint density at radius 1 is 1.47 bits per heavy atom. The van der Waals surface area contributed by atoms with Crippen LogP contribution in [0.4, 0.5) is 0 Å². The third kappa shape index (κ3) is 2.40. The average Bonchev–Trinajstić information content (AvgIpc) is 2.28. The van der Waals surface area contributed by atoms with E-state index in [1.165, 1.54) is 7.11 Å². The molecular weight excluding hydrogens is 192 g/mol. The molecule has 4 nitrogen and oxygen atoms in total. The van der Waals surface area contributed by atoms with Crippen molar-refractivity contribution in [3.63, 3.8) is 0 Å². The van der Waals surface area contributed by atoms with Crippen molar-refractivity contribution in [2.24, 2.45) is 11.5 Å². The maximum Gasteiger partial charge on any atom is 0.162 e. The van der Waals surface area contributed by atoms with Crippen molar-refractivity contribution < 1.29 is 9.84 Å². The summed E-state index contributed by atoms with van der Waals surface area (Å²) in [6.45, 7) is 2.33. The molecule has 84 valence electrons. The van der Waals surface area contributed by atoms with Crippen LogP contribution in [0.5, 0.6) is 11.5 Å². The third-order valence-electron chi connectivity index (χ3n) is 2.45. The molecule has 1 aromatic rings. The molecule has 0 aliphatic carbocycles. The number of benzene rings is 1. The Morgan fingerprint density at radius 2 is 2.13 bits per heavy atom. The van der Waals surface area contributed by atoms with Crippen molar-refractivity contribution in [2.75, 3.05) is 13.7 Å². The summed E-state index contributed by atoms with van der Waals surface area (Å²) in [6, 6.07) is 3.32. The van der Waals surface area contributed by atoms with Crippen LogP contribution in [0.2, 0.25) is 0 Å². The van der Waals surface area contributed by atoms with Crippen LogP contribution in [0.25, 0.3) is 0 Å². The number of ether oxygens (including phenoxy) is 1. The number of rotatable bonds is 4. The van der Waals surface area contributed by atoms with Crippen molar-refractivity contribution in [3.05, 3.63) is 23.3 Å². The van der Waals surface area contributed by atoms with Gasteiger partial charge in [0.05, 0.1) is 7.11 Å². The minimum Gasteiger partial charge on any atom is -0.504 e. The summed E-state index contributed by atoms with van der Waals surface area (Å²) in [7, 11) is 1.52. The van der Waals surface area contributed by atoms with E-state index in [0.29, 0.717) is 17.9 Å². The molecule has 0 aromatic heterocycles. The van der Waals surface area contributed by atoms with Gasteiger partial charge in [-0.25, -0.2) is 0 Å². The number of methoxy groups -OCH3 is 1. The average molecular weight is 210 g/mol. The molecule has 0 fully saturated rings. The van der Waals surface area contributed by atoms with E-state index in [1.807, 2.05) is 19.1 Å². The lowest BCUT2D eigenvalue weighted by Gasteiger charge is -2.15. The van der Waals surface area contributed by atoms with Gasteiger partial charge in [0.25, 0.3) is 0 Å². The van der Waals surface area contributed by atoms with E-state index in [9.17, 15) is 5.11 Å². The van der Waals surface area contributed by atoms with Crippen molar-refractivity contribution in [3.8, 4) is 11.5 Å². The molecular formula is C11H18N2O2. The Balaban J connectivity index is 3.23. The van der Waals surface area contributed by atoms with Gasteiger partial charge in [-0.3, -0.25) is 0 Å². The highest BCUT2D eigenvalue weighted by Gasteiger charge is 2.14. The second-order valence-corrected chi connectivity index (χ2v) is 3.43. The summed E-state index contributed by atoms with van der Waals surface area (Å²) in [6.07, 6.45) is 0.862. The van der Waals surface area contributed by atoms with E-state index >= 15 is 0 Å². The summed E-state index contributed by atoms with van der Waals surface area (Å²) in [5.41, 5.74) is 13.0. The lowest BCUT2D eigenvalue weighted by molar-refractivity contribution is 0.368. The standard InChI is InChI=1S/C11H18N2O2/c1-3-7-4-8(9(13)6-12)11(14)10(5-7)15-2/h4-5,9,14H,3,6,12-13H2,1-2H3/t9-/m1/s1. The molecule has 0 saturated carbocycles. The number of aryl methyl sites for hydroxylation is 1. The van der Waals surface area contributed by atoms with Gasteiger partial charge in [-0.2, -0.15) is 0 Å². The number of hydrogen-bond acceptors (Lipinski definition) is 4. The Labute approximate surface area is 89.8 Å². The van der Waals surface area contributed by atoms with Gasteiger partial charge in [-0.1, -0.05) is 13.0 Å². The molecule has 4 heteroatoms. The predicted octanol–water partition coefficient (Wildman–Crippen LogP) is 0.922. The molecule has 15 heavy (non-hydrogen) atoms. The highest BCUT2D eigenvalue weighted by molar-refractivity contribution is 5.49. The monoisotopic (exact) mass is 210 g/mol. The fourth-order valence-corrected chi connectivity index (χ4v) is 1.46. The van der Waals surface area contributed by atoms with E-state index < -0.39 is 0 Å². The van der Waals surface area contributed by atoms with Gasteiger partial charge in [-0.15, -0.1) is 0 Å². The maximum absolute atomic E-state index is 9.85. The first kappa shape index (κ1) is 11.8. The van der Waals surface area contributed by atoms with Gasteiger partial charge in [0.15, 0.2) is 11.5 Å². The lowest BCUT2D eigenvalue weighted by Crippen LogP contribution is -2.21. The molecule has 0 aliphatic rings. The van der Waals surface area contributed by atoms with E-state index in [1.54, 1.807) is 0 Å². The van der Waals surface area contributed by atoms with Crippen molar-refractivity contribution >= 4 is 0 Å². The van der Waals surface area contributed by atoms with Crippen LogP contribution in [0.1, 0.15) is 24.1 Å². The van der Waals surface area contributed by atoms with Crippen LogP contribution in [-0.2, 0) is 6.42 Å². The van der Waals surface area contributed by atoms with Gasteiger partial charge in [0, 0.05) is 18.2 Å². The zero-order valence-electron chi connectivity index (χ0n) is 9.16. The molecule has 0 bridgehead atoms. The minimum absolute atomic E-state index is 0.0904. The maximum atomic E-state index is 9.85. The first-order valence-corrected chi connectivity index (χ1v) is 4.99. The molecule has 1 rings (SSSR count). The zero-order valence-corrected chi connectivity index (χ0v) is 9.16. The van der Waals surface area contributed by atoms with Gasteiger partial charge in [0.1, 0.15) is 0 Å². The van der Waals surface area contributed by atoms with Gasteiger partial charge < -0.3 is 21.3 Å². The van der Waals surface area contributed by atoms with Gasteiger partial charge >= 0.3 is 0 Å². The quantitative estimate of drug-likeness (QED) is 0.690. The molecule has 0 saturated heterocycles. The molecule has 0 spiro atoms. The third-order valence-corrected chi connectivity index (χ3v) is 2.45. The largest absolute Gasteiger partial charge is 0.504 e. The SMILES string of the molecule is CCc1cc(OC)c(O)c([C@H](N)CN)c1. The van der Waals surface area contributed by atoms with Gasteiger partial charge in [-0.05, 0) is 18.1 Å². The number of aromatic hydroxyl groups is 1. The number of nitrogens with two attached hydrogens (primary N) is 2. The first-order chi connectivity index (χ1) is 7.13. The Hall–Kier alpha value is -1.26. The van der Waals surface area contributed by atoms with Crippen LogP contribution < -0.4 is 16.2 Å². The van der Waals surface area contributed by atoms with Crippen LogP contribution in [0, 0.1) is 0 Å². The number of hydrogen-bond donors (Lipinski definition) is 3. The summed E-state index contributed by atoms with van der Waals surface area (Å²) in [5, 5.41) is 9.85. The molecule has 0 aliphatic heterocycles. The van der Waals surface area contributed by atoms with E-state index in [4.69, 9.17) is 16.2 Å².